The maximum absolute atomic E-state index is 13.1. The number of carbonyl (C=O) groups is 1. The lowest BCUT2D eigenvalue weighted by Gasteiger charge is -2.01. The highest BCUT2D eigenvalue weighted by Gasteiger charge is 2.15. The van der Waals surface area contributed by atoms with Gasteiger partial charge in [-0.3, -0.25) is 9.20 Å². The number of aromatic nitrogens is 2. The summed E-state index contributed by atoms with van der Waals surface area (Å²) in [5.74, 6) is -2.36. The van der Waals surface area contributed by atoms with Gasteiger partial charge in [0.15, 0.2) is 11.6 Å². The SMILES string of the molecule is Cc1nc2ccccn2c1C(=O)N/N=C/c1ccc(F)c(F)c1. The smallest absolute Gasteiger partial charge is 0.290 e. The van der Waals surface area contributed by atoms with Crippen LogP contribution in [0.25, 0.3) is 5.65 Å². The van der Waals surface area contributed by atoms with Gasteiger partial charge in [-0.05, 0) is 36.8 Å². The lowest BCUT2D eigenvalue weighted by Crippen LogP contribution is -2.20. The minimum Gasteiger partial charge on any atom is -0.295 e. The van der Waals surface area contributed by atoms with Crippen LogP contribution in [0.5, 0.6) is 0 Å². The van der Waals surface area contributed by atoms with Gasteiger partial charge in [0.1, 0.15) is 11.3 Å². The molecular formula is C16H12F2N4O. The summed E-state index contributed by atoms with van der Waals surface area (Å²) < 4.78 is 27.6. The van der Waals surface area contributed by atoms with Crippen molar-refractivity contribution in [2.75, 3.05) is 0 Å². The number of benzene rings is 1. The fraction of sp³-hybridized carbons (Fsp3) is 0.0625. The molecule has 1 amide bonds. The zero-order valence-corrected chi connectivity index (χ0v) is 12.1. The average molecular weight is 314 g/mol. The quantitative estimate of drug-likeness (QED) is 0.597. The molecule has 116 valence electrons. The van der Waals surface area contributed by atoms with Gasteiger partial charge in [0, 0.05) is 6.20 Å². The van der Waals surface area contributed by atoms with Crippen LogP contribution in [0.1, 0.15) is 21.7 Å². The van der Waals surface area contributed by atoms with Crippen LogP contribution in [-0.4, -0.2) is 21.5 Å². The number of fused-ring (bicyclic) bond motifs is 1. The molecule has 3 aromatic rings. The van der Waals surface area contributed by atoms with Gasteiger partial charge >= 0.3 is 0 Å². The number of aryl methyl sites for hydroxylation is 1. The van der Waals surface area contributed by atoms with E-state index in [1.165, 1.54) is 12.3 Å². The van der Waals surface area contributed by atoms with Crippen molar-refractivity contribution in [3.8, 4) is 0 Å². The summed E-state index contributed by atoms with van der Waals surface area (Å²) in [5.41, 5.74) is 4.27. The first-order valence-corrected chi connectivity index (χ1v) is 6.78. The van der Waals surface area contributed by atoms with E-state index >= 15 is 0 Å². The van der Waals surface area contributed by atoms with Gasteiger partial charge in [-0.1, -0.05) is 12.1 Å². The molecule has 0 bridgehead atoms. The number of carbonyl (C=O) groups excluding carboxylic acids is 1. The van der Waals surface area contributed by atoms with Crippen LogP contribution in [0.2, 0.25) is 0 Å². The summed E-state index contributed by atoms with van der Waals surface area (Å²) >= 11 is 0. The van der Waals surface area contributed by atoms with Crippen molar-refractivity contribution in [3.05, 3.63) is 71.2 Å². The molecule has 7 heteroatoms. The second-order valence-electron chi connectivity index (χ2n) is 4.85. The van der Waals surface area contributed by atoms with Crippen LogP contribution in [0.3, 0.4) is 0 Å². The summed E-state index contributed by atoms with van der Waals surface area (Å²) in [5, 5.41) is 3.76. The van der Waals surface area contributed by atoms with Crippen LogP contribution >= 0.6 is 0 Å². The molecule has 1 aromatic carbocycles. The Hall–Kier alpha value is -3.09. The number of rotatable bonds is 3. The molecule has 0 radical (unpaired) electrons. The minimum absolute atomic E-state index is 0.332. The standard InChI is InChI=1S/C16H12F2N4O/c1-10-15(22-7-3-2-4-14(22)20-10)16(23)21-19-9-11-5-6-12(17)13(18)8-11/h2-9H,1H3,(H,21,23)/b19-9+. The van der Waals surface area contributed by atoms with Gasteiger partial charge in [-0.25, -0.2) is 19.2 Å². The number of nitrogens with zero attached hydrogens (tertiary/aromatic N) is 3. The largest absolute Gasteiger partial charge is 0.295 e. The Labute approximate surface area is 130 Å². The molecule has 0 fully saturated rings. The topological polar surface area (TPSA) is 58.8 Å². The summed E-state index contributed by atoms with van der Waals surface area (Å²) in [4.78, 5) is 16.5. The van der Waals surface area contributed by atoms with Crippen LogP contribution in [-0.2, 0) is 0 Å². The summed E-state index contributed by atoms with van der Waals surface area (Å²) in [6.07, 6.45) is 2.96. The average Bonchev–Trinajstić information content (AvgIpc) is 2.86. The first-order chi connectivity index (χ1) is 11.1. The molecule has 0 aliphatic heterocycles. The van der Waals surface area contributed by atoms with Gasteiger partial charge in [-0.2, -0.15) is 5.10 Å². The second kappa shape index (κ2) is 5.96. The summed E-state index contributed by atoms with van der Waals surface area (Å²) in [6, 6.07) is 8.74. The lowest BCUT2D eigenvalue weighted by atomic mass is 10.2. The van der Waals surface area contributed by atoms with Crippen molar-refractivity contribution >= 4 is 17.8 Å². The van der Waals surface area contributed by atoms with Crippen molar-refractivity contribution in [1.29, 1.82) is 0 Å². The highest BCUT2D eigenvalue weighted by atomic mass is 19.2. The molecular weight excluding hydrogens is 302 g/mol. The molecule has 0 unspecified atom stereocenters. The predicted octanol–water partition coefficient (Wildman–Crippen LogP) is 2.68. The predicted molar refractivity (Wildman–Crippen MR) is 81.3 cm³/mol. The molecule has 2 heterocycles. The van der Waals surface area contributed by atoms with Crippen molar-refractivity contribution < 1.29 is 13.6 Å². The van der Waals surface area contributed by atoms with Crippen molar-refractivity contribution in [2.45, 2.75) is 6.92 Å². The van der Waals surface area contributed by atoms with E-state index < -0.39 is 17.5 Å². The third-order valence-corrected chi connectivity index (χ3v) is 3.24. The van der Waals surface area contributed by atoms with Crippen LogP contribution in [0.15, 0.2) is 47.7 Å². The Morgan fingerprint density at radius 1 is 1.26 bits per heavy atom. The van der Waals surface area contributed by atoms with Crippen molar-refractivity contribution in [1.82, 2.24) is 14.8 Å². The van der Waals surface area contributed by atoms with Gasteiger partial charge < -0.3 is 0 Å². The van der Waals surface area contributed by atoms with Gasteiger partial charge in [0.05, 0.1) is 11.9 Å². The summed E-state index contributed by atoms with van der Waals surface area (Å²) in [7, 11) is 0. The Morgan fingerprint density at radius 2 is 2.09 bits per heavy atom. The van der Waals surface area contributed by atoms with Crippen LogP contribution in [0.4, 0.5) is 8.78 Å². The third kappa shape index (κ3) is 2.94. The normalized spacial score (nSPS) is 11.3. The van der Waals surface area contributed by atoms with E-state index in [1.54, 1.807) is 29.7 Å². The lowest BCUT2D eigenvalue weighted by molar-refractivity contribution is 0.0948. The molecule has 0 saturated heterocycles. The van der Waals surface area contributed by atoms with E-state index in [2.05, 4.69) is 15.5 Å². The van der Waals surface area contributed by atoms with E-state index in [0.29, 0.717) is 22.6 Å². The number of amides is 1. The zero-order valence-electron chi connectivity index (χ0n) is 12.1. The van der Waals surface area contributed by atoms with Crippen molar-refractivity contribution in [2.24, 2.45) is 5.10 Å². The van der Waals surface area contributed by atoms with Crippen molar-refractivity contribution in [3.63, 3.8) is 0 Å². The molecule has 0 aliphatic rings. The van der Waals surface area contributed by atoms with Crippen LogP contribution < -0.4 is 5.43 Å². The van der Waals surface area contributed by atoms with Gasteiger partial charge in [-0.15, -0.1) is 0 Å². The van der Waals surface area contributed by atoms with Crippen LogP contribution in [0, 0.1) is 18.6 Å². The fourth-order valence-corrected chi connectivity index (χ4v) is 2.20. The first kappa shape index (κ1) is 14.8. The Kier molecular flexibility index (Phi) is 3.84. The number of nitrogens with one attached hydrogen (secondary N) is 1. The number of hydrazone groups is 1. The molecule has 0 spiro atoms. The molecule has 3 rings (SSSR count). The Bertz CT molecular complexity index is 918. The first-order valence-electron chi connectivity index (χ1n) is 6.78. The second-order valence-corrected chi connectivity index (χ2v) is 4.85. The van der Waals surface area contributed by atoms with Gasteiger partial charge in [0.25, 0.3) is 5.91 Å². The molecule has 23 heavy (non-hydrogen) atoms. The van der Waals surface area contributed by atoms with E-state index in [-0.39, 0.29) is 0 Å². The fourth-order valence-electron chi connectivity index (χ4n) is 2.20. The number of pyridine rings is 1. The van der Waals surface area contributed by atoms with E-state index in [0.717, 1.165) is 12.1 Å². The molecule has 0 atom stereocenters. The van der Waals surface area contributed by atoms with Gasteiger partial charge in [0.2, 0.25) is 0 Å². The molecule has 0 aliphatic carbocycles. The van der Waals surface area contributed by atoms with E-state index in [9.17, 15) is 13.6 Å². The third-order valence-electron chi connectivity index (χ3n) is 3.24. The molecule has 1 N–H and O–H groups in total. The maximum atomic E-state index is 13.1. The number of imidazole rings is 1. The minimum atomic E-state index is -0.974. The van der Waals surface area contributed by atoms with E-state index in [4.69, 9.17) is 0 Å². The van der Waals surface area contributed by atoms with E-state index in [1.807, 2.05) is 6.07 Å². The number of hydrogen-bond donors (Lipinski definition) is 1. The molecule has 5 nitrogen and oxygen atoms in total. The monoisotopic (exact) mass is 314 g/mol. The highest BCUT2D eigenvalue weighted by Crippen LogP contribution is 2.11. The summed E-state index contributed by atoms with van der Waals surface area (Å²) in [6.45, 7) is 1.72. The molecule has 2 aromatic heterocycles. The zero-order chi connectivity index (χ0) is 16.4. The Morgan fingerprint density at radius 3 is 2.87 bits per heavy atom. The number of halogens is 2. The Balaban J connectivity index is 1.79. The number of hydrogen-bond acceptors (Lipinski definition) is 3. The molecule has 0 saturated carbocycles. The maximum Gasteiger partial charge on any atom is 0.290 e. The highest BCUT2D eigenvalue weighted by molar-refractivity contribution is 5.95.